The number of carbonyl (C=O) groups is 1. The topological polar surface area (TPSA) is 49.3 Å². The van der Waals surface area contributed by atoms with Crippen LogP contribution in [-0.2, 0) is 24.3 Å². The maximum Gasteiger partial charge on any atom is 0.416 e. The van der Waals surface area contributed by atoms with Gasteiger partial charge in [0.1, 0.15) is 5.82 Å². The molecule has 0 saturated heterocycles. The molecule has 0 saturated carbocycles. The Kier molecular flexibility index (Phi) is 7.60. The van der Waals surface area contributed by atoms with Crippen molar-refractivity contribution in [1.29, 1.82) is 0 Å². The van der Waals surface area contributed by atoms with Crippen LogP contribution in [0.2, 0.25) is 0 Å². The molecule has 2 N–H and O–H groups in total. The van der Waals surface area contributed by atoms with Crippen LogP contribution in [0.15, 0.2) is 91.0 Å². The van der Waals surface area contributed by atoms with Crippen molar-refractivity contribution in [3.8, 4) is 5.75 Å². The van der Waals surface area contributed by atoms with Crippen LogP contribution in [-0.4, -0.2) is 11.0 Å². The van der Waals surface area contributed by atoms with Gasteiger partial charge in [-0.1, -0.05) is 42.5 Å². The molecule has 0 aliphatic rings. The number of hydrogen-bond acceptors (Lipinski definition) is 2. The second kappa shape index (κ2) is 10.6. The first-order valence-electron chi connectivity index (χ1n) is 11.6. The Hall–Kier alpha value is -4.41. The molecule has 4 aromatic carbocycles. The van der Waals surface area contributed by atoms with Crippen molar-refractivity contribution in [2.24, 2.45) is 0 Å². The Morgan fingerprint density at radius 1 is 0.675 bits per heavy atom. The molecule has 3 nitrogen and oxygen atoms in total. The number of alkyl halides is 6. The zero-order valence-electron chi connectivity index (χ0n) is 20.2. The van der Waals surface area contributed by atoms with E-state index in [0.717, 1.165) is 42.5 Å². The first-order valence-corrected chi connectivity index (χ1v) is 11.6. The van der Waals surface area contributed by atoms with Crippen molar-refractivity contribution in [2.45, 2.75) is 24.3 Å². The molecular formula is C29H19F8NO2. The summed E-state index contributed by atoms with van der Waals surface area (Å²) in [5, 5.41) is 12.6. The van der Waals surface area contributed by atoms with Crippen LogP contribution in [0, 0.1) is 11.6 Å². The third kappa shape index (κ3) is 6.08. The molecule has 1 unspecified atom stereocenters. The molecule has 1 atom stereocenters. The quantitative estimate of drug-likeness (QED) is 0.236. The highest BCUT2D eigenvalue weighted by molar-refractivity contribution is 5.95. The Morgan fingerprint density at radius 3 is 1.95 bits per heavy atom. The second-order valence-electron chi connectivity index (χ2n) is 8.99. The van der Waals surface area contributed by atoms with E-state index < -0.39 is 63.4 Å². The molecule has 0 fully saturated rings. The molecule has 0 heterocycles. The summed E-state index contributed by atoms with van der Waals surface area (Å²) in [6.45, 7) is 0. The highest BCUT2D eigenvalue weighted by Crippen LogP contribution is 2.40. The summed E-state index contributed by atoms with van der Waals surface area (Å²) < 4.78 is 110. The lowest BCUT2D eigenvalue weighted by Crippen LogP contribution is -2.49. The van der Waals surface area contributed by atoms with Crippen LogP contribution in [0.1, 0.15) is 38.2 Å². The lowest BCUT2D eigenvalue weighted by atomic mass is 9.77. The van der Waals surface area contributed by atoms with E-state index in [1.807, 2.05) is 0 Å². The molecule has 11 heteroatoms. The maximum atomic E-state index is 14.7. The van der Waals surface area contributed by atoms with Gasteiger partial charge in [0.25, 0.3) is 5.91 Å². The smallest absolute Gasteiger partial charge is 0.416 e. The van der Waals surface area contributed by atoms with E-state index >= 15 is 0 Å². The number of carbonyl (C=O) groups excluding carboxylic acids is 1. The first-order chi connectivity index (χ1) is 18.7. The van der Waals surface area contributed by atoms with Gasteiger partial charge >= 0.3 is 12.4 Å². The van der Waals surface area contributed by atoms with Gasteiger partial charge in [0.2, 0.25) is 0 Å². The van der Waals surface area contributed by atoms with E-state index in [4.69, 9.17) is 0 Å². The van der Waals surface area contributed by atoms with Crippen LogP contribution >= 0.6 is 0 Å². The zero-order chi connectivity index (χ0) is 29.3. The van der Waals surface area contributed by atoms with Crippen molar-refractivity contribution in [3.05, 3.63) is 136 Å². The third-order valence-corrected chi connectivity index (χ3v) is 6.25. The molecule has 0 aliphatic heterocycles. The number of phenols is 1. The number of aromatic hydroxyl groups is 1. The summed E-state index contributed by atoms with van der Waals surface area (Å²) in [6, 6.07) is 15.5. The van der Waals surface area contributed by atoms with Crippen LogP contribution in [0.5, 0.6) is 5.75 Å². The van der Waals surface area contributed by atoms with Crippen molar-refractivity contribution in [1.82, 2.24) is 5.32 Å². The van der Waals surface area contributed by atoms with Crippen molar-refractivity contribution in [2.75, 3.05) is 0 Å². The SMILES string of the molecule is O=C(NC(Cc1ccccc1)(c1cc(F)cc(C(F)(F)F)c1)c1ccc(F)c(O)c1)c1cccc(C(F)(F)F)c1. The van der Waals surface area contributed by atoms with Crippen LogP contribution < -0.4 is 5.32 Å². The van der Waals surface area contributed by atoms with Gasteiger partial charge in [0.05, 0.1) is 16.7 Å². The Balaban J connectivity index is 2.00. The van der Waals surface area contributed by atoms with E-state index in [1.54, 1.807) is 30.3 Å². The molecule has 4 aromatic rings. The predicted molar refractivity (Wildman–Crippen MR) is 129 cm³/mol. The van der Waals surface area contributed by atoms with E-state index in [1.165, 1.54) is 0 Å². The normalized spacial score (nSPS) is 13.5. The van der Waals surface area contributed by atoms with Crippen LogP contribution in [0.25, 0.3) is 0 Å². The average molecular weight is 565 g/mol. The number of halogens is 8. The molecule has 1 amide bonds. The summed E-state index contributed by atoms with van der Waals surface area (Å²) in [5.74, 6) is -4.47. The van der Waals surface area contributed by atoms with Gasteiger partial charge in [-0.15, -0.1) is 0 Å². The van der Waals surface area contributed by atoms with Gasteiger partial charge in [-0.25, -0.2) is 8.78 Å². The highest BCUT2D eigenvalue weighted by atomic mass is 19.4. The summed E-state index contributed by atoms with van der Waals surface area (Å²) in [4.78, 5) is 13.5. The average Bonchev–Trinajstić information content (AvgIpc) is 2.89. The number of rotatable bonds is 6. The Morgan fingerprint density at radius 2 is 1.32 bits per heavy atom. The molecule has 0 bridgehead atoms. The summed E-state index contributed by atoms with van der Waals surface area (Å²) >= 11 is 0. The number of benzene rings is 4. The van der Waals surface area contributed by atoms with Gasteiger partial charge in [0.15, 0.2) is 11.6 Å². The van der Waals surface area contributed by atoms with Gasteiger partial charge < -0.3 is 10.4 Å². The molecule has 0 spiro atoms. The molecule has 0 radical (unpaired) electrons. The van der Waals surface area contributed by atoms with Gasteiger partial charge in [-0.2, -0.15) is 26.3 Å². The zero-order valence-corrected chi connectivity index (χ0v) is 20.2. The third-order valence-electron chi connectivity index (χ3n) is 6.25. The van der Waals surface area contributed by atoms with Crippen LogP contribution in [0.3, 0.4) is 0 Å². The molecule has 4 rings (SSSR count). The first kappa shape index (κ1) is 28.6. The lowest BCUT2D eigenvalue weighted by molar-refractivity contribution is -0.138. The standard InChI is InChI=1S/C29H19F8NO2/c30-23-13-21(12-22(14-23)29(35,36)37)27(16-17-5-2-1-3-6-17,19-9-10-24(31)25(39)15-19)38-26(40)18-7-4-8-20(11-18)28(32,33)34/h1-15,39H,16H2,(H,38,40). The summed E-state index contributed by atoms with van der Waals surface area (Å²) in [5.41, 5.74) is -5.37. The number of nitrogens with one attached hydrogen (secondary N) is 1. The fraction of sp³-hybridized carbons (Fsp3) is 0.138. The minimum Gasteiger partial charge on any atom is -0.505 e. The van der Waals surface area contributed by atoms with E-state index in [0.29, 0.717) is 17.7 Å². The van der Waals surface area contributed by atoms with E-state index in [9.17, 15) is 45.0 Å². The molecular weight excluding hydrogens is 546 g/mol. The summed E-state index contributed by atoms with van der Waals surface area (Å²) in [6.07, 6.45) is -10.2. The largest absolute Gasteiger partial charge is 0.505 e. The van der Waals surface area contributed by atoms with Gasteiger partial charge in [-0.3, -0.25) is 4.79 Å². The number of phenolic OH excluding ortho intramolecular Hbond substituents is 1. The Labute approximate surface area is 222 Å². The molecule has 0 aromatic heterocycles. The number of amides is 1. The fourth-order valence-electron chi connectivity index (χ4n) is 4.34. The molecule has 40 heavy (non-hydrogen) atoms. The second-order valence-corrected chi connectivity index (χ2v) is 8.99. The van der Waals surface area contributed by atoms with Crippen molar-refractivity contribution in [3.63, 3.8) is 0 Å². The minimum absolute atomic E-state index is 0.158. The van der Waals surface area contributed by atoms with Crippen LogP contribution in [0.4, 0.5) is 35.1 Å². The van der Waals surface area contributed by atoms with E-state index in [-0.39, 0.29) is 18.1 Å². The molecule has 208 valence electrons. The fourth-order valence-corrected chi connectivity index (χ4v) is 4.34. The summed E-state index contributed by atoms with van der Waals surface area (Å²) in [7, 11) is 0. The van der Waals surface area contributed by atoms with Gasteiger partial charge in [-0.05, 0) is 65.2 Å². The maximum absolute atomic E-state index is 14.7. The van der Waals surface area contributed by atoms with Crippen molar-refractivity contribution < 1.29 is 45.0 Å². The van der Waals surface area contributed by atoms with E-state index in [2.05, 4.69) is 5.32 Å². The number of hydrogen-bond donors (Lipinski definition) is 2. The van der Waals surface area contributed by atoms with Gasteiger partial charge in [0, 0.05) is 12.0 Å². The minimum atomic E-state index is -5.01. The highest BCUT2D eigenvalue weighted by Gasteiger charge is 2.41. The lowest BCUT2D eigenvalue weighted by Gasteiger charge is -2.37. The predicted octanol–water partition coefficient (Wildman–Crippen LogP) is 7.62. The Bertz CT molecular complexity index is 1530. The van der Waals surface area contributed by atoms with Crippen molar-refractivity contribution >= 4 is 5.91 Å². The monoisotopic (exact) mass is 565 g/mol. The molecule has 0 aliphatic carbocycles.